The average Bonchev–Trinajstić information content (AvgIpc) is 3.52. The minimum atomic E-state index is -0.695. The topological polar surface area (TPSA) is 155 Å². The summed E-state index contributed by atoms with van der Waals surface area (Å²) in [5.74, 6) is -0.635. The van der Waals surface area contributed by atoms with Crippen LogP contribution in [-0.4, -0.2) is 90.4 Å². The minimum absolute atomic E-state index is 0.0913. The lowest BCUT2D eigenvalue weighted by Crippen LogP contribution is -2.52. The summed E-state index contributed by atoms with van der Waals surface area (Å²) in [6.45, 7) is 3.24. The Kier molecular flexibility index (Phi) is 12.9. The lowest BCUT2D eigenvalue weighted by molar-refractivity contribution is -0.137. The second kappa shape index (κ2) is 18.4. The average molecular weight is 759 g/mol. The summed E-state index contributed by atoms with van der Waals surface area (Å²) in [6.07, 6.45) is 1.37. The van der Waals surface area contributed by atoms with Gasteiger partial charge in [-0.1, -0.05) is 73.7 Å². The summed E-state index contributed by atoms with van der Waals surface area (Å²) in [7, 11) is 1.68. The quantitative estimate of drug-likeness (QED) is 0.0842. The highest BCUT2D eigenvalue weighted by molar-refractivity contribution is 6.05. The number of imide groups is 1. The van der Waals surface area contributed by atoms with E-state index in [0.717, 1.165) is 39.8 Å². The molecular weight excluding hydrogens is 713 g/mol. The number of hydrogen-bond acceptors (Lipinski definition) is 8. The predicted molar refractivity (Wildman–Crippen MR) is 210 cm³/mol. The Balaban J connectivity index is 0.911. The molecule has 0 aliphatic carbocycles. The number of nitrogens with zero attached hydrogens (tertiary/aromatic N) is 2. The molecule has 12 nitrogen and oxygen atoms in total. The van der Waals surface area contributed by atoms with Crippen LogP contribution in [0.1, 0.15) is 64.4 Å². The largest absolute Gasteiger partial charge is 0.508 e. The zero-order chi connectivity index (χ0) is 39.6. The molecule has 0 aromatic heterocycles. The van der Waals surface area contributed by atoms with Crippen LogP contribution in [-0.2, 0) is 36.9 Å². The zero-order valence-corrected chi connectivity index (χ0v) is 31.6. The third-order valence-electron chi connectivity index (χ3n) is 9.94. The molecule has 0 radical (unpaired) electrons. The number of carbonyl (C=O) groups is 5. The molecule has 56 heavy (non-hydrogen) atoms. The van der Waals surface area contributed by atoms with Crippen molar-refractivity contribution in [1.29, 1.82) is 0 Å². The first-order chi connectivity index (χ1) is 27.1. The molecule has 1 unspecified atom stereocenters. The van der Waals surface area contributed by atoms with Gasteiger partial charge in [-0.05, 0) is 82.1 Å². The number of amides is 5. The fraction of sp³-hybridized carbons (Fsp3) is 0.295. The Labute approximate surface area is 326 Å². The van der Waals surface area contributed by atoms with Crippen LogP contribution in [0.25, 0.3) is 11.1 Å². The van der Waals surface area contributed by atoms with Gasteiger partial charge in [0.05, 0.1) is 19.6 Å². The van der Waals surface area contributed by atoms with Crippen molar-refractivity contribution in [3.05, 3.63) is 130 Å². The molecule has 3 N–H and O–H groups in total. The fourth-order valence-electron chi connectivity index (χ4n) is 6.97. The minimum Gasteiger partial charge on any atom is -0.508 e. The fourth-order valence-corrected chi connectivity index (χ4v) is 6.97. The van der Waals surface area contributed by atoms with Crippen LogP contribution >= 0.6 is 0 Å². The molecule has 290 valence electrons. The molecule has 1 fully saturated rings. The third kappa shape index (κ3) is 9.69. The van der Waals surface area contributed by atoms with Gasteiger partial charge in [-0.25, -0.2) is 0 Å². The van der Waals surface area contributed by atoms with E-state index in [1.54, 1.807) is 37.4 Å². The predicted octanol–water partition coefficient (Wildman–Crippen LogP) is 4.74. The summed E-state index contributed by atoms with van der Waals surface area (Å²) in [6, 6.07) is 29.8. The van der Waals surface area contributed by atoms with Gasteiger partial charge in [0.25, 0.3) is 5.91 Å². The van der Waals surface area contributed by atoms with Crippen molar-refractivity contribution in [3.8, 4) is 11.5 Å². The Bertz CT molecular complexity index is 2100. The number of rotatable bonds is 16. The SMILES string of the molecule is CC/C(=C(\c1ccc(O)cc1)c1ccc(OCCN(C)C(=O)COCCNC(=O)Cc2ccc3c(c2)CN(C2CCC(=O)NC2=O)C3=O)cc1)c1ccccc1. The molecule has 0 saturated carbocycles. The van der Waals surface area contributed by atoms with Crippen molar-refractivity contribution in [1.82, 2.24) is 20.4 Å². The van der Waals surface area contributed by atoms with E-state index >= 15 is 0 Å². The third-order valence-corrected chi connectivity index (χ3v) is 9.94. The lowest BCUT2D eigenvalue weighted by atomic mass is 9.88. The van der Waals surface area contributed by atoms with Crippen molar-refractivity contribution >= 4 is 40.7 Å². The Morgan fingerprint density at radius 3 is 2.32 bits per heavy atom. The standard InChI is InChI=1S/C44H46N4O8/c1-3-36(30-7-5-4-6-8-30)42(31-10-14-34(49)15-11-31)32-12-16-35(17-13-32)56-24-22-47(2)41(52)28-55-23-21-45-40(51)26-29-9-18-37-33(25-29)27-48(44(37)54)38-19-20-39(50)46-43(38)53/h4-18,25,38,49H,3,19-24,26-28H2,1-2H3,(H,45,51)(H,46,50,53)/b42-36-. The second-order valence-corrected chi connectivity index (χ2v) is 13.8. The number of likely N-dealkylation sites (N-methyl/N-ethyl adjacent to an activating group) is 1. The maximum absolute atomic E-state index is 12.9. The molecule has 6 rings (SSSR count). The molecule has 2 aliphatic rings. The van der Waals surface area contributed by atoms with E-state index in [0.29, 0.717) is 17.9 Å². The van der Waals surface area contributed by atoms with Crippen molar-refractivity contribution in [2.75, 3.05) is 40.0 Å². The number of aromatic hydroxyl groups is 1. The monoisotopic (exact) mass is 758 g/mol. The number of phenolic OH excluding ortho intramolecular Hbond substituents is 1. The number of hydrogen-bond donors (Lipinski definition) is 3. The molecule has 4 aromatic carbocycles. The Hall–Kier alpha value is -6.27. The number of carbonyl (C=O) groups excluding carboxylic acids is 5. The number of fused-ring (bicyclic) bond motifs is 1. The van der Waals surface area contributed by atoms with E-state index in [9.17, 15) is 29.1 Å². The molecule has 5 amide bonds. The summed E-state index contributed by atoms with van der Waals surface area (Å²) in [5, 5.41) is 15.0. The number of allylic oxidation sites excluding steroid dienone is 1. The lowest BCUT2D eigenvalue weighted by Gasteiger charge is -2.29. The van der Waals surface area contributed by atoms with Gasteiger partial charge in [0, 0.05) is 32.1 Å². The normalized spacial score (nSPS) is 15.5. The van der Waals surface area contributed by atoms with Crippen molar-refractivity contribution in [3.63, 3.8) is 0 Å². The van der Waals surface area contributed by atoms with Crippen LogP contribution in [0.15, 0.2) is 97.1 Å². The molecule has 0 spiro atoms. The van der Waals surface area contributed by atoms with E-state index in [-0.39, 0.29) is 81.6 Å². The van der Waals surface area contributed by atoms with Gasteiger partial charge in [0.2, 0.25) is 23.6 Å². The summed E-state index contributed by atoms with van der Waals surface area (Å²) in [4.78, 5) is 65.0. The first-order valence-electron chi connectivity index (χ1n) is 18.8. The molecule has 4 aromatic rings. The first kappa shape index (κ1) is 39.4. The zero-order valence-electron chi connectivity index (χ0n) is 31.6. The van der Waals surface area contributed by atoms with Crippen LogP contribution in [0.3, 0.4) is 0 Å². The van der Waals surface area contributed by atoms with E-state index in [1.165, 1.54) is 15.4 Å². The van der Waals surface area contributed by atoms with E-state index < -0.39 is 11.9 Å². The Morgan fingerprint density at radius 1 is 0.911 bits per heavy atom. The maximum Gasteiger partial charge on any atom is 0.255 e. The van der Waals surface area contributed by atoms with Gasteiger partial charge < -0.3 is 29.7 Å². The number of nitrogens with one attached hydrogen (secondary N) is 2. The summed E-state index contributed by atoms with van der Waals surface area (Å²) < 4.78 is 11.5. The van der Waals surface area contributed by atoms with Gasteiger partial charge >= 0.3 is 0 Å². The first-order valence-corrected chi connectivity index (χ1v) is 18.8. The van der Waals surface area contributed by atoms with Gasteiger partial charge in [0.15, 0.2) is 0 Å². The van der Waals surface area contributed by atoms with Crippen LogP contribution in [0.5, 0.6) is 11.5 Å². The highest BCUT2D eigenvalue weighted by Crippen LogP contribution is 2.35. The van der Waals surface area contributed by atoms with Gasteiger partial charge in [-0.3, -0.25) is 29.3 Å². The second-order valence-electron chi connectivity index (χ2n) is 13.8. The van der Waals surface area contributed by atoms with Crippen LogP contribution in [0, 0.1) is 0 Å². The summed E-state index contributed by atoms with van der Waals surface area (Å²) >= 11 is 0. The Morgan fingerprint density at radius 2 is 1.62 bits per heavy atom. The van der Waals surface area contributed by atoms with Gasteiger partial charge in [-0.2, -0.15) is 0 Å². The maximum atomic E-state index is 12.9. The van der Waals surface area contributed by atoms with Crippen LogP contribution < -0.4 is 15.4 Å². The number of phenols is 1. The van der Waals surface area contributed by atoms with Gasteiger partial charge in [0.1, 0.15) is 30.8 Å². The molecule has 12 heteroatoms. The van der Waals surface area contributed by atoms with Crippen molar-refractivity contribution in [2.24, 2.45) is 0 Å². The molecule has 1 atom stereocenters. The van der Waals surface area contributed by atoms with E-state index in [2.05, 4.69) is 29.7 Å². The highest BCUT2D eigenvalue weighted by Gasteiger charge is 2.39. The van der Waals surface area contributed by atoms with Crippen LogP contribution in [0.2, 0.25) is 0 Å². The summed E-state index contributed by atoms with van der Waals surface area (Å²) in [5.41, 5.74) is 7.36. The smallest absolute Gasteiger partial charge is 0.255 e. The number of benzene rings is 4. The van der Waals surface area contributed by atoms with E-state index in [1.807, 2.05) is 54.6 Å². The number of ether oxygens (including phenoxy) is 2. The number of piperidine rings is 1. The van der Waals surface area contributed by atoms with Crippen LogP contribution in [0.4, 0.5) is 0 Å². The molecular formula is C44H46N4O8. The van der Waals surface area contributed by atoms with Gasteiger partial charge in [-0.15, -0.1) is 0 Å². The van der Waals surface area contributed by atoms with Crippen molar-refractivity contribution in [2.45, 2.75) is 45.2 Å². The highest BCUT2D eigenvalue weighted by atomic mass is 16.5. The van der Waals surface area contributed by atoms with Crippen molar-refractivity contribution < 1.29 is 38.6 Å². The molecule has 1 saturated heterocycles. The molecule has 0 bridgehead atoms. The van der Waals surface area contributed by atoms with E-state index in [4.69, 9.17) is 9.47 Å². The molecule has 2 heterocycles. The molecule has 2 aliphatic heterocycles.